The van der Waals surface area contributed by atoms with Crippen LogP contribution in [0.25, 0.3) is 22.2 Å². The summed E-state index contributed by atoms with van der Waals surface area (Å²) in [5.41, 5.74) is 4.19. The molecule has 0 atom stereocenters. The van der Waals surface area contributed by atoms with Gasteiger partial charge in [0.25, 0.3) is 5.91 Å². The summed E-state index contributed by atoms with van der Waals surface area (Å²) in [4.78, 5) is 19.2. The number of carbonyl (C=O) groups excluding carboxylic acids is 1. The second-order valence-corrected chi connectivity index (χ2v) is 7.42. The minimum Gasteiger partial charge on any atom is -0.493 e. The van der Waals surface area contributed by atoms with E-state index in [-0.39, 0.29) is 11.7 Å². The summed E-state index contributed by atoms with van der Waals surface area (Å²) in [5.74, 6) is 1.59. The summed E-state index contributed by atoms with van der Waals surface area (Å²) < 4.78 is 10.8. The van der Waals surface area contributed by atoms with E-state index >= 15 is 0 Å². The van der Waals surface area contributed by atoms with Crippen LogP contribution in [0.4, 0.5) is 11.5 Å². The molecule has 30 heavy (non-hydrogen) atoms. The van der Waals surface area contributed by atoms with E-state index in [9.17, 15) is 4.79 Å². The molecule has 5 rings (SSSR count). The van der Waals surface area contributed by atoms with Crippen LogP contribution in [0, 0.1) is 0 Å². The first-order valence-electron chi connectivity index (χ1n) is 9.69. The maximum atomic E-state index is 12.6. The molecule has 2 aromatic heterocycles. The summed E-state index contributed by atoms with van der Waals surface area (Å²) in [5, 5.41) is 7.86. The minimum absolute atomic E-state index is 0.155. The zero-order valence-electron chi connectivity index (χ0n) is 16.7. The number of ether oxygens (including phenoxy) is 1. The monoisotopic (exact) mass is 400 g/mol. The van der Waals surface area contributed by atoms with Crippen molar-refractivity contribution in [3.63, 3.8) is 0 Å². The van der Waals surface area contributed by atoms with E-state index in [1.54, 1.807) is 6.07 Å². The molecule has 3 heterocycles. The lowest BCUT2D eigenvalue weighted by Crippen LogP contribution is -2.11. The first kappa shape index (κ1) is 18.2. The van der Waals surface area contributed by atoms with Crippen molar-refractivity contribution in [1.82, 2.24) is 10.1 Å². The average molecular weight is 400 g/mol. The third kappa shape index (κ3) is 3.34. The summed E-state index contributed by atoms with van der Waals surface area (Å²) >= 11 is 0. The van der Waals surface area contributed by atoms with Gasteiger partial charge in [0, 0.05) is 43.2 Å². The number of carbonyl (C=O) groups is 1. The fraction of sp³-hybridized carbons (Fsp3) is 0.174. The van der Waals surface area contributed by atoms with Gasteiger partial charge in [-0.3, -0.25) is 4.79 Å². The van der Waals surface area contributed by atoms with Gasteiger partial charge in [-0.05, 0) is 54.1 Å². The van der Waals surface area contributed by atoms with Crippen LogP contribution in [0.15, 0.2) is 59.1 Å². The SMILES string of the molecule is CN(C)c1ccc2cc(NC(=O)c3cc(-c4ccc5c(c4)CCO5)no3)ccc2n1. The van der Waals surface area contributed by atoms with Crippen LogP contribution < -0.4 is 15.0 Å². The number of pyridine rings is 1. The Bertz CT molecular complexity index is 1260. The van der Waals surface area contributed by atoms with Crippen LogP contribution >= 0.6 is 0 Å². The number of nitrogens with one attached hydrogen (secondary N) is 1. The maximum absolute atomic E-state index is 12.6. The van der Waals surface area contributed by atoms with Crippen LogP contribution in [0.3, 0.4) is 0 Å². The summed E-state index contributed by atoms with van der Waals surface area (Å²) in [7, 11) is 3.90. The first-order valence-corrected chi connectivity index (χ1v) is 9.69. The highest BCUT2D eigenvalue weighted by atomic mass is 16.5. The summed E-state index contributed by atoms with van der Waals surface area (Å²) in [6.45, 7) is 0.697. The van der Waals surface area contributed by atoms with Crippen LogP contribution in [-0.2, 0) is 6.42 Å². The quantitative estimate of drug-likeness (QED) is 0.554. The van der Waals surface area contributed by atoms with Crippen molar-refractivity contribution >= 4 is 28.3 Å². The Morgan fingerprint density at radius 1 is 1.07 bits per heavy atom. The van der Waals surface area contributed by atoms with E-state index in [2.05, 4.69) is 15.5 Å². The van der Waals surface area contributed by atoms with Gasteiger partial charge in [-0.25, -0.2) is 4.98 Å². The summed E-state index contributed by atoms with van der Waals surface area (Å²) in [6.07, 6.45) is 0.876. The van der Waals surface area contributed by atoms with Crippen molar-refractivity contribution in [3.8, 4) is 17.0 Å². The van der Waals surface area contributed by atoms with Gasteiger partial charge < -0.3 is 19.5 Å². The second-order valence-electron chi connectivity index (χ2n) is 7.42. The standard InChI is InChI=1S/C23H20N4O3/c1-27(2)22-8-4-15-12-17(5-6-18(15)25-22)24-23(28)21-13-19(26-30-21)14-3-7-20-16(11-14)9-10-29-20/h3-8,11-13H,9-10H2,1-2H3,(H,24,28). The molecular formula is C23H20N4O3. The molecule has 0 aliphatic carbocycles. The van der Waals surface area contributed by atoms with Crippen molar-refractivity contribution in [3.05, 3.63) is 65.9 Å². The number of aromatic nitrogens is 2. The molecule has 0 unspecified atom stereocenters. The van der Waals surface area contributed by atoms with Crippen LogP contribution in [-0.4, -0.2) is 36.8 Å². The number of amides is 1. The van der Waals surface area contributed by atoms with Gasteiger partial charge in [-0.2, -0.15) is 0 Å². The summed E-state index contributed by atoms with van der Waals surface area (Å²) in [6, 6.07) is 17.0. The minimum atomic E-state index is -0.351. The Kier molecular flexibility index (Phi) is 4.35. The zero-order valence-corrected chi connectivity index (χ0v) is 16.7. The third-order valence-electron chi connectivity index (χ3n) is 5.11. The molecule has 0 saturated carbocycles. The Balaban J connectivity index is 1.35. The largest absolute Gasteiger partial charge is 0.493 e. The van der Waals surface area contributed by atoms with Gasteiger partial charge in [0.2, 0.25) is 5.76 Å². The third-order valence-corrected chi connectivity index (χ3v) is 5.11. The van der Waals surface area contributed by atoms with Crippen LogP contribution in [0.1, 0.15) is 16.1 Å². The van der Waals surface area contributed by atoms with E-state index in [0.717, 1.165) is 40.0 Å². The molecular weight excluding hydrogens is 380 g/mol. The number of nitrogens with zero attached hydrogens (tertiary/aromatic N) is 3. The molecule has 0 saturated heterocycles. The fourth-order valence-corrected chi connectivity index (χ4v) is 3.50. The van der Waals surface area contributed by atoms with Crippen molar-refractivity contribution in [1.29, 1.82) is 0 Å². The van der Waals surface area contributed by atoms with E-state index < -0.39 is 0 Å². The van der Waals surface area contributed by atoms with Gasteiger partial charge in [-0.1, -0.05) is 5.16 Å². The Morgan fingerprint density at radius 3 is 2.83 bits per heavy atom. The van der Waals surface area contributed by atoms with Gasteiger partial charge >= 0.3 is 0 Å². The molecule has 1 aliphatic heterocycles. The highest BCUT2D eigenvalue weighted by Crippen LogP contribution is 2.30. The predicted octanol–water partition coefficient (Wildman–Crippen LogP) is 4.14. The normalized spacial score (nSPS) is 12.5. The van der Waals surface area contributed by atoms with E-state index in [1.807, 2.05) is 67.5 Å². The molecule has 0 radical (unpaired) electrons. The highest BCUT2D eigenvalue weighted by molar-refractivity contribution is 6.03. The lowest BCUT2D eigenvalue weighted by molar-refractivity contribution is 0.0988. The van der Waals surface area contributed by atoms with Crippen molar-refractivity contribution in [2.75, 3.05) is 30.9 Å². The molecule has 0 bridgehead atoms. The van der Waals surface area contributed by atoms with Gasteiger partial charge in [-0.15, -0.1) is 0 Å². The molecule has 7 heteroatoms. The van der Waals surface area contributed by atoms with Crippen LogP contribution in [0.2, 0.25) is 0 Å². The van der Waals surface area contributed by atoms with E-state index in [4.69, 9.17) is 9.26 Å². The number of hydrogen-bond donors (Lipinski definition) is 1. The van der Waals surface area contributed by atoms with Gasteiger partial charge in [0.05, 0.1) is 12.1 Å². The number of anilines is 2. The molecule has 2 aromatic carbocycles. The van der Waals surface area contributed by atoms with Crippen molar-refractivity contribution in [2.24, 2.45) is 0 Å². The van der Waals surface area contributed by atoms with Gasteiger partial charge in [0.15, 0.2) is 0 Å². The lowest BCUT2D eigenvalue weighted by atomic mass is 10.1. The highest BCUT2D eigenvalue weighted by Gasteiger charge is 2.17. The van der Waals surface area contributed by atoms with Crippen molar-refractivity contribution < 1.29 is 14.1 Å². The van der Waals surface area contributed by atoms with Gasteiger partial charge in [0.1, 0.15) is 17.3 Å². The first-order chi connectivity index (χ1) is 14.6. The molecule has 1 aliphatic rings. The lowest BCUT2D eigenvalue weighted by Gasteiger charge is -2.12. The molecule has 1 N–H and O–H groups in total. The number of rotatable bonds is 4. The molecule has 0 fully saturated rings. The Labute approximate surface area is 173 Å². The molecule has 4 aromatic rings. The van der Waals surface area contributed by atoms with E-state index in [0.29, 0.717) is 18.0 Å². The fourth-order valence-electron chi connectivity index (χ4n) is 3.50. The van der Waals surface area contributed by atoms with Crippen molar-refractivity contribution in [2.45, 2.75) is 6.42 Å². The number of benzene rings is 2. The van der Waals surface area contributed by atoms with E-state index in [1.165, 1.54) is 0 Å². The second kappa shape index (κ2) is 7.18. The molecule has 7 nitrogen and oxygen atoms in total. The molecule has 1 amide bonds. The Morgan fingerprint density at radius 2 is 1.97 bits per heavy atom. The van der Waals surface area contributed by atoms with Crippen LogP contribution in [0.5, 0.6) is 5.75 Å². The molecule has 150 valence electrons. The zero-order chi connectivity index (χ0) is 20.7. The maximum Gasteiger partial charge on any atom is 0.294 e. The topological polar surface area (TPSA) is 80.5 Å². The number of hydrogen-bond acceptors (Lipinski definition) is 6. The number of fused-ring (bicyclic) bond motifs is 2. The smallest absolute Gasteiger partial charge is 0.294 e. The predicted molar refractivity (Wildman–Crippen MR) is 115 cm³/mol. The average Bonchev–Trinajstić information content (AvgIpc) is 3.42. The molecule has 0 spiro atoms. The Hall–Kier alpha value is -3.87.